The minimum atomic E-state index is -0.501. The lowest BCUT2D eigenvalue weighted by Crippen LogP contribution is -2.55. The molecule has 0 bridgehead atoms. The van der Waals surface area contributed by atoms with Crippen molar-refractivity contribution in [2.45, 2.75) is 51.0 Å². The highest BCUT2D eigenvalue weighted by Gasteiger charge is 2.45. The number of rotatable bonds is 6. The molecule has 1 atom stereocenters. The Balaban J connectivity index is 3.31. The van der Waals surface area contributed by atoms with Gasteiger partial charge in [-0.1, -0.05) is 43.7 Å². The Kier molecular flexibility index (Phi) is 5.12. The summed E-state index contributed by atoms with van der Waals surface area (Å²) in [6.45, 7) is 6.08. The second-order valence-corrected chi connectivity index (χ2v) is 5.67. The van der Waals surface area contributed by atoms with Crippen molar-refractivity contribution < 1.29 is 9.53 Å². The van der Waals surface area contributed by atoms with Gasteiger partial charge in [0, 0.05) is 11.0 Å². The van der Waals surface area contributed by atoms with Crippen molar-refractivity contribution in [1.29, 1.82) is 0 Å². The van der Waals surface area contributed by atoms with E-state index in [9.17, 15) is 4.79 Å². The second-order valence-electron chi connectivity index (χ2n) is 5.67. The molecule has 3 heteroatoms. The van der Waals surface area contributed by atoms with Crippen molar-refractivity contribution in [3.63, 3.8) is 0 Å². The molecule has 1 aromatic rings. The van der Waals surface area contributed by atoms with Crippen LogP contribution in [-0.2, 0) is 14.9 Å². The summed E-state index contributed by atoms with van der Waals surface area (Å²) >= 11 is 0. The van der Waals surface area contributed by atoms with Crippen LogP contribution in [0.2, 0.25) is 0 Å². The average Bonchev–Trinajstić information content (AvgIpc) is 2.37. The number of carbonyl (C=O) groups excluding carboxylic acids is 1. The van der Waals surface area contributed by atoms with E-state index in [1.54, 1.807) is 0 Å². The van der Waals surface area contributed by atoms with Gasteiger partial charge in [-0.15, -0.1) is 0 Å². The van der Waals surface area contributed by atoms with Crippen molar-refractivity contribution in [1.82, 2.24) is 0 Å². The molecule has 0 aliphatic heterocycles. The first-order valence-electron chi connectivity index (χ1n) is 6.78. The fraction of sp³-hybridized carbons (Fsp3) is 0.562. The third-order valence-corrected chi connectivity index (χ3v) is 3.91. The van der Waals surface area contributed by atoms with Crippen LogP contribution in [0, 0.1) is 0 Å². The molecule has 0 spiro atoms. The Hall–Kier alpha value is -1.35. The summed E-state index contributed by atoms with van der Waals surface area (Å²) in [5, 5.41) is 0. The molecule has 0 amide bonds. The number of hydrogen-bond acceptors (Lipinski definition) is 3. The van der Waals surface area contributed by atoms with E-state index in [0.29, 0.717) is 6.42 Å². The molecule has 19 heavy (non-hydrogen) atoms. The van der Waals surface area contributed by atoms with E-state index >= 15 is 0 Å². The van der Waals surface area contributed by atoms with Crippen LogP contribution in [0.15, 0.2) is 30.3 Å². The van der Waals surface area contributed by atoms with Gasteiger partial charge in [0.25, 0.3) is 0 Å². The van der Waals surface area contributed by atoms with Gasteiger partial charge in [-0.2, -0.15) is 0 Å². The maximum Gasteiger partial charge on any atom is 0.306 e. The fourth-order valence-corrected chi connectivity index (χ4v) is 2.76. The van der Waals surface area contributed by atoms with Gasteiger partial charge in [0.2, 0.25) is 0 Å². The molecule has 1 unspecified atom stereocenters. The van der Waals surface area contributed by atoms with E-state index in [2.05, 4.69) is 6.92 Å². The minimum absolute atomic E-state index is 0.212. The molecule has 0 heterocycles. The number of benzene rings is 1. The molecular weight excluding hydrogens is 238 g/mol. The molecule has 106 valence electrons. The summed E-state index contributed by atoms with van der Waals surface area (Å²) in [6.07, 6.45) is 2.13. The normalized spacial score (nSPS) is 14.8. The first-order valence-corrected chi connectivity index (χ1v) is 6.78. The van der Waals surface area contributed by atoms with E-state index in [4.69, 9.17) is 10.5 Å². The van der Waals surface area contributed by atoms with Gasteiger partial charge < -0.3 is 10.5 Å². The predicted molar refractivity (Wildman–Crippen MR) is 77.9 cm³/mol. The van der Waals surface area contributed by atoms with Crippen molar-refractivity contribution >= 4 is 5.97 Å². The lowest BCUT2D eigenvalue weighted by molar-refractivity contribution is -0.143. The zero-order valence-corrected chi connectivity index (χ0v) is 12.4. The van der Waals surface area contributed by atoms with Crippen molar-refractivity contribution in [3.8, 4) is 0 Å². The van der Waals surface area contributed by atoms with Gasteiger partial charge in [0.05, 0.1) is 13.5 Å². The summed E-state index contributed by atoms with van der Waals surface area (Å²) < 4.78 is 4.87. The van der Waals surface area contributed by atoms with Crippen molar-refractivity contribution in [2.24, 2.45) is 5.73 Å². The number of esters is 1. The monoisotopic (exact) mass is 263 g/mol. The van der Waals surface area contributed by atoms with Crippen LogP contribution in [0.3, 0.4) is 0 Å². The summed E-state index contributed by atoms with van der Waals surface area (Å²) in [4.78, 5) is 11.8. The fourth-order valence-electron chi connectivity index (χ4n) is 2.76. The molecule has 0 aliphatic carbocycles. The molecule has 1 rings (SSSR count). The molecule has 1 aromatic carbocycles. The van der Waals surface area contributed by atoms with E-state index < -0.39 is 11.0 Å². The smallest absolute Gasteiger partial charge is 0.306 e. The Labute approximate surface area is 116 Å². The van der Waals surface area contributed by atoms with Crippen LogP contribution >= 0.6 is 0 Å². The molecular formula is C16H25NO2. The summed E-state index contributed by atoms with van der Waals surface area (Å²) in [5.41, 5.74) is 6.64. The maximum atomic E-state index is 11.8. The highest BCUT2D eigenvalue weighted by Crippen LogP contribution is 2.41. The van der Waals surface area contributed by atoms with E-state index in [1.165, 1.54) is 7.11 Å². The molecule has 0 aromatic heterocycles. The van der Waals surface area contributed by atoms with Gasteiger partial charge in [-0.05, 0) is 25.8 Å². The van der Waals surface area contributed by atoms with Crippen LogP contribution in [0.1, 0.15) is 45.6 Å². The second kappa shape index (κ2) is 6.20. The predicted octanol–water partition coefficient (Wildman–Crippen LogP) is 3.02. The third-order valence-electron chi connectivity index (χ3n) is 3.91. The number of nitrogens with two attached hydrogens (primary N) is 1. The largest absolute Gasteiger partial charge is 0.469 e. The molecule has 0 saturated carbocycles. The van der Waals surface area contributed by atoms with Crippen molar-refractivity contribution in [2.75, 3.05) is 7.11 Å². The lowest BCUT2D eigenvalue weighted by atomic mass is 9.62. The Morgan fingerprint density at radius 3 is 2.26 bits per heavy atom. The summed E-state index contributed by atoms with van der Waals surface area (Å²) in [6, 6.07) is 10.0. The Morgan fingerprint density at radius 2 is 1.84 bits per heavy atom. The Bertz CT molecular complexity index is 409. The van der Waals surface area contributed by atoms with Gasteiger partial charge in [-0.25, -0.2) is 0 Å². The quantitative estimate of drug-likeness (QED) is 0.803. The standard InChI is InChI=1S/C16H25NO2/c1-5-11-16(15(2,3)17,12-14(18)19-4)13-9-7-6-8-10-13/h6-10H,5,11-12,17H2,1-4H3. The molecule has 2 N–H and O–H groups in total. The number of hydrogen-bond donors (Lipinski definition) is 1. The van der Waals surface area contributed by atoms with Gasteiger partial charge >= 0.3 is 5.97 Å². The Morgan fingerprint density at radius 1 is 1.26 bits per heavy atom. The number of methoxy groups -OCH3 is 1. The van der Waals surface area contributed by atoms with Crippen LogP contribution in [0.4, 0.5) is 0 Å². The number of carbonyl (C=O) groups is 1. The van der Waals surface area contributed by atoms with Crippen molar-refractivity contribution in [3.05, 3.63) is 35.9 Å². The zero-order valence-electron chi connectivity index (χ0n) is 12.4. The molecule has 0 fully saturated rings. The first-order chi connectivity index (χ1) is 8.87. The van der Waals surface area contributed by atoms with E-state index in [0.717, 1.165) is 18.4 Å². The van der Waals surface area contributed by atoms with Crippen LogP contribution < -0.4 is 5.73 Å². The van der Waals surface area contributed by atoms with Crippen LogP contribution in [-0.4, -0.2) is 18.6 Å². The summed E-state index contributed by atoms with van der Waals surface area (Å²) in [7, 11) is 1.42. The highest BCUT2D eigenvalue weighted by molar-refractivity contribution is 5.72. The molecule has 3 nitrogen and oxygen atoms in total. The van der Waals surface area contributed by atoms with E-state index in [-0.39, 0.29) is 5.97 Å². The first kappa shape index (κ1) is 15.7. The number of ether oxygens (including phenoxy) is 1. The zero-order chi connectivity index (χ0) is 14.5. The topological polar surface area (TPSA) is 52.3 Å². The SMILES string of the molecule is CCCC(CC(=O)OC)(c1ccccc1)C(C)(C)N. The third kappa shape index (κ3) is 3.35. The van der Waals surface area contributed by atoms with Crippen LogP contribution in [0.25, 0.3) is 0 Å². The van der Waals surface area contributed by atoms with Crippen LogP contribution in [0.5, 0.6) is 0 Å². The highest BCUT2D eigenvalue weighted by atomic mass is 16.5. The maximum absolute atomic E-state index is 11.8. The lowest BCUT2D eigenvalue weighted by Gasteiger charge is -2.44. The molecule has 0 aliphatic rings. The molecule has 0 saturated heterocycles. The molecule has 0 radical (unpaired) electrons. The van der Waals surface area contributed by atoms with Gasteiger partial charge in [0.15, 0.2) is 0 Å². The minimum Gasteiger partial charge on any atom is -0.469 e. The van der Waals surface area contributed by atoms with E-state index in [1.807, 2.05) is 44.2 Å². The summed E-state index contributed by atoms with van der Waals surface area (Å²) in [5.74, 6) is -0.212. The average molecular weight is 263 g/mol. The van der Waals surface area contributed by atoms with Gasteiger partial charge in [-0.3, -0.25) is 4.79 Å². The van der Waals surface area contributed by atoms with Gasteiger partial charge in [0.1, 0.15) is 0 Å².